The Labute approximate surface area is 134 Å². The normalized spacial score (nSPS) is 10.7. The van der Waals surface area contributed by atoms with Gasteiger partial charge in [0.05, 0.1) is 20.8 Å². The molecule has 0 radical (unpaired) electrons. The fourth-order valence-corrected chi connectivity index (χ4v) is 2.82. The first-order valence-corrected chi connectivity index (χ1v) is 8.11. The molecule has 0 spiro atoms. The Morgan fingerprint density at radius 3 is 2.73 bits per heavy atom. The third-order valence-electron chi connectivity index (χ3n) is 3.19. The Bertz CT molecular complexity index is 590. The van der Waals surface area contributed by atoms with Crippen LogP contribution in [0, 0.1) is 0 Å². The number of benzene rings is 1. The van der Waals surface area contributed by atoms with Gasteiger partial charge in [0, 0.05) is 24.8 Å². The molecule has 0 fully saturated rings. The summed E-state index contributed by atoms with van der Waals surface area (Å²) in [5.41, 5.74) is 1.22. The molecule has 0 unspecified atom stereocenters. The molecule has 0 aliphatic rings. The zero-order valence-corrected chi connectivity index (χ0v) is 14.0. The second-order valence-corrected chi connectivity index (χ2v) is 5.82. The van der Waals surface area contributed by atoms with Crippen LogP contribution in [0.25, 0.3) is 0 Å². The first-order valence-electron chi connectivity index (χ1n) is 7.12. The highest BCUT2D eigenvalue weighted by molar-refractivity contribution is 7.99. The number of ether oxygens (including phenoxy) is 2. The molecule has 1 heterocycles. The van der Waals surface area contributed by atoms with Gasteiger partial charge in [0.1, 0.15) is 6.54 Å². The van der Waals surface area contributed by atoms with Crippen LogP contribution < -0.4 is 14.8 Å². The number of aromatic nitrogens is 4. The van der Waals surface area contributed by atoms with E-state index in [1.165, 1.54) is 5.56 Å². The molecule has 0 bridgehead atoms. The van der Waals surface area contributed by atoms with Gasteiger partial charge < -0.3 is 14.8 Å². The Morgan fingerprint density at radius 1 is 1.23 bits per heavy atom. The molecular formula is C14H22N5O2S+. The highest BCUT2D eigenvalue weighted by atomic mass is 32.2. The van der Waals surface area contributed by atoms with Crippen molar-refractivity contribution in [1.82, 2.24) is 20.2 Å². The van der Waals surface area contributed by atoms with E-state index in [1.807, 2.05) is 19.2 Å². The molecule has 22 heavy (non-hydrogen) atoms. The Balaban J connectivity index is 1.67. The maximum absolute atomic E-state index is 5.31. The van der Waals surface area contributed by atoms with Crippen molar-refractivity contribution < 1.29 is 14.8 Å². The smallest absolute Gasteiger partial charge is 0.209 e. The van der Waals surface area contributed by atoms with E-state index in [4.69, 9.17) is 9.47 Å². The van der Waals surface area contributed by atoms with Crippen molar-refractivity contribution in [2.75, 3.05) is 26.5 Å². The molecule has 1 aromatic carbocycles. The van der Waals surface area contributed by atoms with Gasteiger partial charge in [-0.1, -0.05) is 11.8 Å². The van der Waals surface area contributed by atoms with Crippen LogP contribution in [0.2, 0.25) is 0 Å². The average Bonchev–Trinajstić information content (AvgIpc) is 2.95. The van der Waals surface area contributed by atoms with Crippen LogP contribution in [0.5, 0.6) is 11.5 Å². The molecule has 0 saturated carbocycles. The molecule has 0 amide bonds. The minimum absolute atomic E-state index is 0.764. The SMILES string of the molecule is COc1ccc(C[NH2+]CCCSc2nnnn2C)cc1OC. The van der Waals surface area contributed by atoms with E-state index >= 15 is 0 Å². The molecule has 2 N–H and O–H groups in total. The van der Waals surface area contributed by atoms with Crippen molar-refractivity contribution in [3.8, 4) is 11.5 Å². The van der Waals surface area contributed by atoms with E-state index in [-0.39, 0.29) is 0 Å². The molecule has 8 heteroatoms. The lowest BCUT2D eigenvalue weighted by molar-refractivity contribution is -0.670. The van der Waals surface area contributed by atoms with Crippen LogP contribution in [0.3, 0.4) is 0 Å². The van der Waals surface area contributed by atoms with E-state index in [1.54, 1.807) is 30.7 Å². The quantitative estimate of drug-likeness (QED) is 0.534. The molecule has 0 atom stereocenters. The largest absolute Gasteiger partial charge is 0.493 e. The van der Waals surface area contributed by atoms with E-state index in [0.29, 0.717) is 0 Å². The highest BCUT2D eigenvalue weighted by Crippen LogP contribution is 2.27. The Kier molecular flexibility index (Phi) is 6.47. The van der Waals surface area contributed by atoms with Crippen molar-refractivity contribution in [3.05, 3.63) is 23.8 Å². The first kappa shape index (κ1) is 16.6. The molecule has 120 valence electrons. The van der Waals surface area contributed by atoms with E-state index < -0.39 is 0 Å². The average molecular weight is 324 g/mol. The van der Waals surface area contributed by atoms with Gasteiger partial charge in [-0.2, -0.15) is 0 Å². The summed E-state index contributed by atoms with van der Waals surface area (Å²) in [6, 6.07) is 6.03. The number of nitrogens with two attached hydrogens (primary N) is 1. The summed E-state index contributed by atoms with van der Waals surface area (Å²) in [4.78, 5) is 0. The van der Waals surface area contributed by atoms with Crippen molar-refractivity contribution in [2.45, 2.75) is 18.1 Å². The van der Waals surface area contributed by atoms with Crippen molar-refractivity contribution in [3.63, 3.8) is 0 Å². The predicted octanol–water partition coefficient (Wildman–Crippen LogP) is 0.473. The second kappa shape index (κ2) is 8.60. The van der Waals surface area contributed by atoms with Crippen LogP contribution >= 0.6 is 11.8 Å². The van der Waals surface area contributed by atoms with Gasteiger partial charge in [0.25, 0.3) is 0 Å². The number of nitrogens with zero attached hydrogens (tertiary/aromatic N) is 4. The number of tetrazole rings is 1. The van der Waals surface area contributed by atoms with Gasteiger partial charge in [-0.05, 0) is 28.6 Å². The second-order valence-electron chi connectivity index (χ2n) is 4.76. The number of hydrogen-bond donors (Lipinski definition) is 1. The molecule has 0 aliphatic heterocycles. The topological polar surface area (TPSA) is 78.7 Å². The summed E-state index contributed by atoms with van der Waals surface area (Å²) in [5, 5.41) is 14.5. The molecule has 1 aromatic heterocycles. The summed E-state index contributed by atoms with van der Waals surface area (Å²) in [6.45, 7) is 1.99. The lowest BCUT2D eigenvalue weighted by Crippen LogP contribution is -2.82. The van der Waals surface area contributed by atoms with E-state index in [2.05, 4.69) is 26.9 Å². The fraction of sp³-hybridized carbons (Fsp3) is 0.500. The zero-order valence-electron chi connectivity index (χ0n) is 13.2. The summed E-state index contributed by atoms with van der Waals surface area (Å²) >= 11 is 1.68. The summed E-state index contributed by atoms with van der Waals surface area (Å²) in [7, 11) is 5.16. The molecule has 2 rings (SSSR count). The summed E-state index contributed by atoms with van der Waals surface area (Å²) in [5.74, 6) is 2.55. The molecule has 2 aromatic rings. The van der Waals surface area contributed by atoms with Gasteiger partial charge in [0.2, 0.25) is 5.16 Å². The van der Waals surface area contributed by atoms with Crippen LogP contribution in [0.1, 0.15) is 12.0 Å². The third-order valence-corrected chi connectivity index (χ3v) is 4.29. The van der Waals surface area contributed by atoms with Crippen molar-refractivity contribution in [2.24, 2.45) is 7.05 Å². The van der Waals surface area contributed by atoms with E-state index in [9.17, 15) is 0 Å². The number of aryl methyl sites for hydroxylation is 1. The van der Waals surface area contributed by atoms with Gasteiger partial charge in [0.15, 0.2) is 11.5 Å². The van der Waals surface area contributed by atoms with E-state index in [0.717, 1.165) is 41.9 Å². The lowest BCUT2D eigenvalue weighted by atomic mass is 10.2. The third kappa shape index (κ3) is 4.60. The van der Waals surface area contributed by atoms with Crippen molar-refractivity contribution >= 4 is 11.8 Å². The maximum Gasteiger partial charge on any atom is 0.209 e. The molecule has 0 saturated heterocycles. The lowest BCUT2D eigenvalue weighted by Gasteiger charge is -2.09. The predicted molar refractivity (Wildman–Crippen MR) is 84.2 cm³/mol. The minimum Gasteiger partial charge on any atom is -0.493 e. The first-order chi connectivity index (χ1) is 10.7. The fourth-order valence-electron chi connectivity index (χ4n) is 2.01. The van der Waals surface area contributed by atoms with Crippen LogP contribution in [0.15, 0.2) is 23.4 Å². The number of methoxy groups -OCH3 is 2. The standard InChI is InChI=1S/C14H21N5O2S/c1-19-14(16-17-18-19)22-8-4-7-15-10-11-5-6-12(20-2)13(9-11)21-3/h5-6,9,15H,4,7-8,10H2,1-3H3/p+1. The monoisotopic (exact) mass is 324 g/mol. The maximum atomic E-state index is 5.31. The Hall–Kier alpha value is -1.80. The molecule has 0 aliphatic carbocycles. The number of rotatable bonds is 9. The van der Waals surface area contributed by atoms with Crippen LogP contribution in [-0.2, 0) is 13.6 Å². The van der Waals surface area contributed by atoms with Crippen molar-refractivity contribution in [1.29, 1.82) is 0 Å². The number of hydrogen-bond acceptors (Lipinski definition) is 6. The van der Waals surface area contributed by atoms with Gasteiger partial charge >= 0.3 is 0 Å². The van der Waals surface area contributed by atoms with Crippen LogP contribution in [0.4, 0.5) is 0 Å². The zero-order chi connectivity index (χ0) is 15.8. The van der Waals surface area contributed by atoms with Gasteiger partial charge in [-0.3, -0.25) is 0 Å². The van der Waals surface area contributed by atoms with Gasteiger partial charge in [-0.25, -0.2) is 4.68 Å². The minimum atomic E-state index is 0.764. The van der Waals surface area contributed by atoms with Gasteiger partial charge in [-0.15, -0.1) is 5.10 Å². The van der Waals surface area contributed by atoms with Crippen LogP contribution in [-0.4, -0.2) is 46.7 Å². The summed E-state index contributed by atoms with van der Waals surface area (Å²) in [6.07, 6.45) is 1.10. The number of thioether (sulfide) groups is 1. The Morgan fingerprint density at radius 2 is 2.05 bits per heavy atom. The summed E-state index contributed by atoms with van der Waals surface area (Å²) < 4.78 is 12.2. The number of quaternary nitrogens is 1. The molecule has 7 nitrogen and oxygen atoms in total. The molecular weight excluding hydrogens is 302 g/mol. The highest BCUT2D eigenvalue weighted by Gasteiger charge is 2.06.